The van der Waals surface area contributed by atoms with Crippen LogP contribution in [-0.2, 0) is 16.0 Å². The Balaban J connectivity index is 2.62. The number of hydrogen-bond acceptors (Lipinski definition) is 3. The SMILES string of the molecule is CC(C(=O)O)C(=O)[C@@H](N)Cc1ccccc1. The molecular formula is C12H15NO3. The molecule has 0 fully saturated rings. The van der Waals surface area contributed by atoms with E-state index in [1.165, 1.54) is 6.92 Å². The Morgan fingerprint density at radius 1 is 1.31 bits per heavy atom. The molecule has 0 bridgehead atoms. The molecule has 0 aliphatic carbocycles. The normalized spacial score (nSPS) is 14.1. The maximum atomic E-state index is 11.6. The fourth-order valence-electron chi connectivity index (χ4n) is 1.41. The van der Waals surface area contributed by atoms with Crippen LogP contribution in [0, 0.1) is 5.92 Å². The van der Waals surface area contributed by atoms with E-state index in [0.717, 1.165) is 5.56 Å². The predicted molar refractivity (Wildman–Crippen MR) is 59.9 cm³/mol. The molecule has 0 amide bonds. The van der Waals surface area contributed by atoms with Gasteiger partial charge in [-0.15, -0.1) is 0 Å². The van der Waals surface area contributed by atoms with Crippen LogP contribution in [0.2, 0.25) is 0 Å². The number of carboxylic acids is 1. The number of aliphatic carboxylic acids is 1. The van der Waals surface area contributed by atoms with Crippen LogP contribution in [0.4, 0.5) is 0 Å². The first-order valence-corrected chi connectivity index (χ1v) is 5.08. The van der Waals surface area contributed by atoms with Gasteiger partial charge in [0.25, 0.3) is 0 Å². The molecule has 0 radical (unpaired) electrons. The van der Waals surface area contributed by atoms with Crippen LogP contribution in [0.15, 0.2) is 30.3 Å². The Kier molecular flexibility index (Phi) is 4.19. The van der Waals surface area contributed by atoms with Gasteiger partial charge in [-0.25, -0.2) is 0 Å². The van der Waals surface area contributed by atoms with Crippen LogP contribution in [-0.4, -0.2) is 22.9 Å². The zero-order chi connectivity index (χ0) is 12.1. The van der Waals surface area contributed by atoms with Crippen LogP contribution < -0.4 is 5.73 Å². The average Bonchev–Trinajstić information content (AvgIpc) is 2.28. The molecule has 0 spiro atoms. The van der Waals surface area contributed by atoms with E-state index in [1.54, 1.807) is 0 Å². The van der Waals surface area contributed by atoms with Crippen LogP contribution >= 0.6 is 0 Å². The van der Waals surface area contributed by atoms with Crippen LogP contribution in [0.5, 0.6) is 0 Å². The standard InChI is InChI=1S/C12H15NO3/c1-8(12(15)16)11(14)10(13)7-9-5-3-2-4-6-9/h2-6,8,10H,7,13H2,1H3,(H,15,16)/t8?,10-/m0/s1. The molecule has 1 unspecified atom stereocenters. The van der Waals surface area contributed by atoms with Crippen molar-refractivity contribution < 1.29 is 14.7 Å². The van der Waals surface area contributed by atoms with Crippen molar-refractivity contribution in [2.24, 2.45) is 11.7 Å². The van der Waals surface area contributed by atoms with E-state index in [4.69, 9.17) is 10.8 Å². The molecule has 0 aliphatic rings. The Morgan fingerprint density at radius 2 is 1.88 bits per heavy atom. The van der Waals surface area contributed by atoms with Crippen molar-refractivity contribution in [3.8, 4) is 0 Å². The molecule has 86 valence electrons. The van der Waals surface area contributed by atoms with Crippen LogP contribution in [0.3, 0.4) is 0 Å². The molecule has 2 atom stereocenters. The second kappa shape index (κ2) is 5.42. The van der Waals surface area contributed by atoms with Gasteiger partial charge >= 0.3 is 5.97 Å². The summed E-state index contributed by atoms with van der Waals surface area (Å²) in [4.78, 5) is 22.2. The number of hydrogen-bond donors (Lipinski definition) is 2. The lowest BCUT2D eigenvalue weighted by Crippen LogP contribution is -2.39. The van der Waals surface area contributed by atoms with Crippen molar-refractivity contribution >= 4 is 11.8 Å². The molecular weight excluding hydrogens is 206 g/mol. The summed E-state index contributed by atoms with van der Waals surface area (Å²) in [5.74, 6) is -2.61. The largest absolute Gasteiger partial charge is 0.481 e. The van der Waals surface area contributed by atoms with Gasteiger partial charge in [0, 0.05) is 0 Å². The lowest BCUT2D eigenvalue weighted by molar-refractivity contribution is -0.145. The van der Waals surface area contributed by atoms with Crippen molar-refractivity contribution in [1.82, 2.24) is 0 Å². The first-order chi connectivity index (χ1) is 7.52. The first-order valence-electron chi connectivity index (χ1n) is 5.08. The van der Waals surface area contributed by atoms with Gasteiger partial charge in [0.05, 0.1) is 6.04 Å². The van der Waals surface area contributed by atoms with Gasteiger partial charge in [-0.3, -0.25) is 9.59 Å². The topological polar surface area (TPSA) is 80.4 Å². The molecule has 4 nitrogen and oxygen atoms in total. The summed E-state index contributed by atoms with van der Waals surface area (Å²) in [6.07, 6.45) is 0.372. The monoisotopic (exact) mass is 221 g/mol. The van der Waals surface area contributed by atoms with E-state index in [1.807, 2.05) is 30.3 Å². The summed E-state index contributed by atoms with van der Waals surface area (Å²) in [6.45, 7) is 1.36. The van der Waals surface area contributed by atoms with Crippen molar-refractivity contribution in [3.05, 3.63) is 35.9 Å². The number of benzene rings is 1. The molecule has 1 aromatic rings. The van der Waals surface area contributed by atoms with Crippen molar-refractivity contribution in [2.45, 2.75) is 19.4 Å². The summed E-state index contributed by atoms with van der Waals surface area (Å²) >= 11 is 0. The van der Waals surface area contributed by atoms with Gasteiger partial charge in [0.2, 0.25) is 0 Å². The summed E-state index contributed by atoms with van der Waals surface area (Å²) in [5.41, 5.74) is 6.61. The summed E-state index contributed by atoms with van der Waals surface area (Å²) < 4.78 is 0. The van der Waals surface area contributed by atoms with Crippen molar-refractivity contribution in [3.63, 3.8) is 0 Å². The molecule has 0 heterocycles. The third-order valence-corrected chi connectivity index (χ3v) is 2.46. The van der Waals surface area contributed by atoms with Crippen molar-refractivity contribution in [1.29, 1.82) is 0 Å². The lowest BCUT2D eigenvalue weighted by Gasteiger charge is -2.13. The molecule has 16 heavy (non-hydrogen) atoms. The molecule has 1 aromatic carbocycles. The minimum absolute atomic E-state index is 0.372. The third kappa shape index (κ3) is 3.17. The highest BCUT2D eigenvalue weighted by Gasteiger charge is 2.25. The number of ketones is 1. The average molecular weight is 221 g/mol. The number of carboxylic acid groups (broad SMARTS) is 1. The highest BCUT2D eigenvalue weighted by Crippen LogP contribution is 2.07. The summed E-state index contributed by atoms with van der Waals surface area (Å²) in [5, 5.41) is 8.69. The number of carbonyl (C=O) groups excluding carboxylic acids is 1. The van der Waals surface area contributed by atoms with Gasteiger partial charge in [-0.05, 0) is 18.9 Å². The van der Waals surface area contributed by atoms with Gasteiger partial charge in [-0.2, -0.15) is 0 Å². The minimum Gasteiger partial charge on any atom is -0.481 e. The fraction of sp³-hybridized carbons (Fsp3) is 0.333. The molecule has 0 aliphatic heterocycles. The molecule has 0 aromatic heterocycles. The van der Waals surface area contributed by atoms with Gasteiger partial charge < -0.3 is 10.8 Å². The smallest absolute Gasteiger partial charge is 0.313 e. The van der Waals surface area contributed by atoms with E-state index >= 15 is 0 Å². The predicted octanol–water partition coefficient (Wildman–Crippen LogP) is 0.846. The maximum absolute atomic E-state index is 11.6. The van der Waals surface area contributed by atoms with E-state index in [0.29, 0.717) is 6.42 Å². The number of nitrogens with two attached hydrogens (primary N) is 1. The maximum Gasteiger partial charge on any atom is 0.313 e. The quantitative estimate of drug-likeness (QED) is 0.722. The van der Waals surface area contributed by atoms with E-state index in [9.17, 15) is 9.59 Å². The first kappa shape index (κ1) is 12.4. The van der Waals surface area contributed by atoms with Gasteiger partial charge in [0.1, 0.15) is 5.92 Å². The summed E-state index contributed by atoms with van der Waals surface area (Å²) in [6, 6.07) is 8.54. The molecule has 0 saturated heterocycles. The zero-order valence-corrected chi connectivity index (χ0v) is 9.09. The Hall–Kier alpha value is -1.68. The van der Waals surface area contributed by atoms with Crippen molar-refractivity contribution in [2.75, 3.05) is 0 Å². The van der Waals surface area contributed by atoms with Crippen LogP contribution in [0.1, 0.15) is 12.5 Å². The van der Waals surface area contributed by atoms with E-state index < -0.39 is 23.7 Å². The minimum atomic E-state index is -1.13. The second-order valence-corrected chi connectivity index (χ2v) is 3.76. The Bertz CT molecular complexity index is 375. The molecule has 3 N–H and O–H groups in total. The van der Waals surface area contributed by atoms with E-state index in [2.05, 4.69) is 0 Å². The Labute approximate surface area is 94.1 Å². The third-order valence-electron chi connectivity index (χ3n) is 2.46. The highest BCUT2D eigenvalue weighted by atomic mass is 16.4. The van der Waals surface area contributed by atoms with E-state index in [-0.39, 0.29) is 0 Å². The zero-order valence-electron chi connectivity index (χ0n) is 9.09. The number of rotatable bonds is 5. The van der Waals surface area contributed by atoms with Gasteiger partial charge in [-0.1, -0.05) is 30.3 Å². The Morgan fingerprint density at radius 3 is 2.38 bits per heavy atom. The second-order valence-electron chi connectivity index (χ2n) is 3.76. The van der Waals surface area contributed by atoms with Crippen LogP contribution in [0.25, 0.3) is 0 Å². The number of carbonyl (C=O) groups is 2. The molecule has 4 heteroatoms. The summed E-state index contributed by atoms with van der Waals surface area (Å²) in [7, 11) is 0. The highest BCUT2D eigenvalue weighted by molar-refractivity contribution is 6.00. The fourth-order valence-corrected chi connectivity index (χ4v) is 1.41. The molecule has 1 rings (SSSR count). The lowest BCUT2D eigenvalue weighted by atomic mass is 9.95. The van der Waals surface area contributed by atoms with Gasteiger partial charge in [0.15, 0.2) is 5.78 Å². The molecule has 0 saturated carbocycles. The number of Topliss-reactive ketones (excluding diaryl/α,β-unsaturated/α-hetero) is 1.